The summed E-state index contributed by atoms with van der Waals surface area (Å²) >= 11 is 0. The van der Waals surface area contributed by atoms with Crippen molar-refractivity contribution in [3.63, 3.8) is 0 Å². The van der Waals surface area contributed by atoms with E-state index in [-0.39, 0.29) is 0 Å². The molecule has 0 aliphatic heterocycles. The number of hydrogen-bond acceptors (Lipinski definition) is 4. The first-order valence-electron chi connectivity index (χ1n) is 5.09. The van der Waals surface area contributed by atoms with E-state index in [0.717, 1.165) is 30.3 Å². The van der Waals surface area contributed by atoms with Crippen LogP contribution in [0.15, 0.2) is 12.1 Å². The minimum absolute atomic E-state index is 0.750. The number of nitrogens with two attached hydrogens (primary N) is 1. The van der Waals surface area contributed by atoms with Crippen molar-refractivity contribution in [2.24, 2.45) is 0 Å². The number of aryl methyl sites for hydroxylation is 1. The van der Waals surface area contributed by atoms with Crippen LogP contribution in [0.25, 0.3) is 0 Å². The van der Waals surface area contributed by atoms with Crippen molar-refractivity contribution in [3.8, 4) is 0 Å². The van der Waals surface area contributed by atoms with Crippen LogP contribution in [-0.2, 0) is 0 Å². The molecule has 2 N–H and O–H groups in total. The molecule has 1 aromatic heterocycles. The fraction of sp³-hybridized carbons (Fsp3) is 0.545. The third kappa shape index (κ3) is 3.40. The second-order valence-corrected chi connectivity index (χ2v) is 4.07. The summed E-state index contributed by atoms with van der Waals surface area (Å²) in [7, 11) is 6.17. The van der Waals surface area contributed by atoms with Crippen LogP contribution in [0.5, 0.6) is 0 Å². The summed E-state index contributed by atoms with van der Waals surface area (Å²) in [6.07, 6.45) is 0. The van der Waals surface area contributed by atoms with Crippen LogP contribution in [0.3, 0.4) is 0 Å². The first-order valence-corrected chi connectivity index (χ1v) is 5.09. The minimum Gasteiger partial charge on any atom is -0.397 e. The van der Waals surface area contributed by atoms with Crippen LogP contribution in [0, 0.1) is 6.92 Å². The predicted molar refractivity (Wildman–Crippen MR) is 65.2 cm³/mol. The van der Waals surface area contributed by atoms with Crippen molar-refractivity contribution in [1.82, 2.24) is 9.88 Å². The molecular weight excluding hydrogens is 188 g/mol. The highest BCUT2D eigenvalue weighted by atomic mass is 15.2. The monoisotopic (exact) mass is 208 g/mol. The molecular formula is C11H20N4. The number of nitrogen functional groups attached to an aromatic ring is 1. The molecule has 84 valence electrons. The highest BCUT2D eigenvalue weighted by Gasteiger charge is 2.04. The average molecular weight is 208 g/mol. The Kier molecular flexibility index (Phi) is 3.91. The van der Waals surface area contributed by atoms with Gasteiger partial charge in [-0.1, -0.05) is 0 Å². The zero-order chi connectivity index (χ0) is 11.4. The third-order valence-electron chi connectivity index (χ3n) is 2.39. The maximum atomic E-state index is 5.72. The Hall–Kier alpha value is -1.29. The molecule has 0 bridgehead atoms. The minimum atomic E-state index is 0.750. The lowest BCUT2D eigenvalue weighted by Crippen LogP contribution is -2.29. The van der Waals surface area contributed by atoms with Gasteiger partial charge in [-0.05, 0) is 33.2 Å². The molecule has 15 heavy (non-hydrogen) atoms. The van der Waals surface area contributed by atoms with Gasteiger partial charge in [0.25, 0.3) is 0 Å². The van der Waals surface area contributed by atoms with Gasteiger partial charge in [0, 0.05) is 20.1 Å². The lowest BCUT2D eigenvalue weighted by molar-refractivity contribution is 0.416. The van der Waals surface area contributed by atoms with E-state index in [1.807, 2.05) is 26.1 Å². The molecule has 0 radical (unpaired) electrons. The summed E-state index contributed by atoms with van der Waals surface area (Å²) in [5, 5.41) is 0. The topological polar surface area (TPSA) is 45.4 Å². The molecule has 0 amide bonds. The van der Waals surface area contributed by atoms with E-state index in [9.17, 15) is 0 Å². The summed E-state index contributed by atoms with van der Waals surface area (Å²) in [5.41, 5.74) is 7.36. The lowest BCUT2D eigenvalue weighted by Gasteiger charge is -2.21. The summed E-state index contributed by atoms with van der Waals surface area (Å²) in [5.74, 6) is 0.976. The molecule has 0 aliphatic rings. The van der Waals surface area contributed by atoms with E-state index in [1.54, 1.807) is 0 Å². The van der Waals surface area contributed by atoms with Crippen LogP contribution >= 0.6 is 0 Å². The van der Waals surface area contributed by atoms with Gasteiger partial charge in [0.15, 0.2) is 0 Å². The van der Waals surface area contributed by atoms with Crippen molar-refractivity contribution >= 4 is 11.5 Å². The molecule has 0 saturated carbocycles. The van der Waals surface area contributed by atoms with Crippen LogP contribution in [0.2, 0.25) is 0 Å². The summed E-state index contributed by atoms with van der Waals surface area (Å²) in [6, 6.07) is 3.86. The fourth-order valence-corrected chi connectivity index (χ4v) is 1.24. The van der Waals surface area contributed by atoms with E-state index in [1.165, 1.54) is 0 Å². The van der Waals surface area contributed by atoms with Gasteiger partial charge in [-0.2, -0.15) is 0 Å². The quantitative estimate of drug-likeness (QED) is 0.801. The fourth-order valence-electron chi connectivity index (χ4n) is 1.24. The number of rotatable bonds is 4. The predicted octanol–water partition coefficient (Wildman–Crippen LogP) is 0.970. The normalized spacial score (nSPS) is 10.7. The molecule has 1 aromatic rings. The zero-order valence-electron chi connectivity index (χ0n) is 9.99. The molecule has 0 spiro atoms. The van der Waals surface area contributed by atoms with Gasteiger partial charge in [-0.3, -0.25) is 0 Å². The van der Waals surface area contributed by atoms with E-state index < -0.39 is 0 Å². The number of anilines is 2. The summed E-state index contributed by atoms with van der Waals surface area (Å²) in [6.45, 7) is 3.91. The lowest BCUT2D eigenvalue weighted by atomic mass is 10.3. The van der Waals surface area contributed by atoms with E-state index in [4.69, 9.17) is 5.73 Å². The Morgan fingerprint density at radius 3 is 2.40 bits per heavy atom. The molecule has 1 heterocycles. The number of aromatic nitrogens is 1. The summed E-state index contributed by atoms with van der Waals surface area (Å²) in [4.78, 5) is 8.72. The van der Waals surface area contributed by atoms with Gasteiger partial charge in [0.2, 0.25) is 0 Å². The highest BCUT2D eigenvalue weighted by Crippen LogP contribution is 2.14. The molecule has 0 aromatic carbocycles. The van der Waals surface area contributed by atoms with Gasteiger partial charge in [-0.15, -0.1) is 0 Å². The smallest absolute Gasteiger partial charge is 0.128 e. The Morgan fingerprint density at radius 2 is 1.87 bits per heavy atom. The van der Waals surface area contributed by atoms with Gasteiger partial charge < -0.3 is 15.5 Å². The van der Waals surface area contributed by atoms with Crippen molar-refractivity contribution in [2.45, 2.75) is 6.92 Å². The van der Waals surface area contributed by atoms with Crippen molar-refractivity contribution in [2.75, 3.05) is 44.9 Å². The maximum Gasteiger partial charge on any atom is 0.128 e. The van der Waals surface area contributed by atoms with Gasteiger partial charge >= 0.3 is 0 Å². The molecule has 0 atom stereocenters. The Labute approximate surface area is 91.7 Å². The SMILES string of the molecule is Cc1nc(N(C)CCN(C)C)ccc1N. The van der Waals surface area contributed by atoms with Crippen LogP contribution in [-0.4, -0.2) is 44.1 Å². The highest BCUT2D eigenvalue weighted by molar-refractivity contribution is 5.49. The molecule has 4 heteroatoms. The Morgan fingerprint density at radius 1 is 1.20 bits per heavy atom. The molecule has 0 saturated heterocycles. The maximum absolute atomic E-state index is 5.72. The number of hydrogen-bond donors (Lipinski definition) is 1. The van der Waals surface area contributed by atoms with Gasteiger partial charge in [-0.25, -0.2) is 4.98 Å². The average Bonchev–Trinajstić information content (AvgIpc) is 2.18. The second-order valence-electron chi connectivity index (χ2n) is 4.07. The number of pyridine rings is 1. The molecule has 1 rings (SSSR count). The van der Waals surface area contributed by atoms with E-state index >= 15 is 0 Å². The van der Waals surface area contributed by atoms with Gasteiger partial charge in [0.05, 0.1) is 11.4 Å². The van der Waals surface area contributed by atoms with Crippen molar-refractivity contribution < 1.29 is 0 Å². The summed E-state index contributed by atoms with van der Waals surface area (Å²) < 4.78 is 0. The third-order valence-corrected chi connectivity index (χ3v) is 2.39. The number of nitrogens with zero attached hydrogens (tertiary/aromatic N) is 3. The largest absolute Gasteiger partial charge is 0.397 e. The second kappa shape index (κ2) is 4.98. The standard InChI is InChI=1S/C11H20N4/c1-9-10(12)5-6-11(13-9)15(4)8-7-14(2)3/h5-6H,7-8,12H2,1-4H3. The van der Waals surface area contributed by atoms with Crippen LogP contribution < -0.4 is 10.6 Å². The van der Waals surface area contributed by atoms with Crippen LogP contribution in [0.1, 0.15) is 5.69 Å². The van der Waals surface area contributed by atoms with E-state index in [0.29, 0.717) is 0 Å². The van der Waals surface area contributed by atoms with E-state index in [2.05, 4.69) is 28.9 Å². The molecule has 0 unspecified atom stereocenters. The first-order chi connectivity index (χ1) is 7.00. The zero-order valence-corrected chi connectivity index (χ0v) is 9.99. The molecule has 4 nitrogen and oxygen atoms in total. The Balaban J connectivity index is 2.65. The Bertz CT molecular complexity index is 322. The molecule has 0 fully saturated rings. The number of likely N-dealkylation sites (N-methyl/N-ethyl adjacent to an activating group) is 2. The molecule has 0 aliphatic carbocycles. The van der Waals surface area contributed by atoms with Crippen LogP contribution in [0.4, 0.5) is 11.5 Å². The van der Waals surface area contributed by atoms with Crippen molar-refractivity contribution in [1.29, 1.82) is 0 Å². The first kappa shape index (κ1) is 11.8. The van der Waals surface area contributed by atoms with Crippen molar-refractivity contribution in [3.05, 3.63) is 17.8 Å². The van der Waals surface area contributed by atoms with Gasteiger partial charge in [0.1, 0.15) is 5.82 Å².